The summed E-state index contributed by atoms with van der Waals surface area (Å²) in [6, 6.07) is 6.31. The molecule has 0 bridgehead atoms. The zero-order valence-corrected chi connectivity index (χ0v) is 14.8. The number of hydrogen-bond donors (Lipinski definition) is 1. The van der Waals surface area contributed by atoms with Gasteiger partial charge in [-0.25, -0.2) is 4.98 Å². The molecule has 6 heteroatoms. The Morgan fingerprint density at radius 3 is 3.08 bits per heavy atom. The molecule has 1 aliphatic carbocycles. The third-order valence-corrected chi connectivity index (χ3v) is 5.73. The highest BCUT2D eigenvalue weighted by Gasteiger charge is 2.32. The van der Waals surface area contributed by atoms with E-state index in [0.717, 1.165) is 59.9 Å². The fourth-order valence-corrected chi connectivity index (χ4v) is 4.25. The lowest BCUT2D eigenvalue weighted by Crippen LogP contribution is -2.48. The Balaban J connectivity index is 1.47. The number of nitrogens with zero attached hydrogens (tertiary/aromatic N) is 2. The molecule has 1 amide bonds. The number of ether oxygens (including phenoxy) is 1. The first-order valence-corrected chi connectivity index (χ1v) is 9.63. The van der Waals surface area contributed by atoms with Gasteiger partial charge < -0.3 is 15.0 Å². The van der Waals surface area contributed by atoms with Crippen molar-refractivity contribution in [2.24, 2.45) is 5.92 Å². The number of carbonyl (C=O) groups is 1. The molecule has 4 rings (SSSR count). The molecular weight excluding hydrogens is 322 g/mol. The third-order valence-electron chi connectivity index (χ3n) is 4.65. The van der Waals surface area contributed by atoms with Gasteiger partial charge in [0, 0.05) is 25.0 Å². The molecule has 5 nitrogen and oxygen atoms in total. The Kier molecular flexibility index (Phi) is 4.31. The lowest BCUT2D eigenvalue weighted by atomic mass is 10.1. The van der Waals surface area contributed by atoms with Gasteiger partial charge in [-0.05, 0) is 50.8 Å². The second-order valence-electron chi connectivity index (χ2n) is 6.63. The smallest absolute Gasteiger partial charge is 0.223 e. The number of rotatable bonds is 5. The molecule has 1 aliphatic heterocycles. The molecule has 2 fully saturated rings. The van der Waals surface area contributed by atoms with Crippen LogP contribution in [0.1, 0.15) is 32.6 Å². The van der Waals surface area contributed by atoms with Crippen molar-refractivity contribution >= 4 is 32.6 Å². The van der Waals surface area contributed by atoms with Crippen molar-refractivity contribution in [2.75, 3.05) is 24.6 Å². The van der Waals surface area contributed by atoms with E-state index in [9.17, 15) is 4.79 Å². The van der Waals surface area contributed by atoms with E-state index in [1.54, 1.807) is 11.3 Å². The van der Waals surface area contributed by atoms with E-state index in [2.05, 4.69) is 16.3 Å². The summed E-state index contributed by atoms with van der Waals surface area (Å²) in [6.45, 7) is 4.53. The largest absolute Gasteiger partial charge is 0.494 e. The van der Waals surface area contributed by atoms with Crippen molar-refractivity contribution in [1.29, 1.82) is 0 Å². The van der Waals surface area contributed by atoms with Gasteiger partial charge in [0.15, 0.2) is 5.13 Å². The van der Waals surface area contributed by atoms with Crippen LogP contribution in [0.25, 0.3) is 10.2 Å². The van der Waals surface area contributed by atoms with Crippen LogP contribution in [-0.2, 0) is 4.79 Å². The maximum Gasteiger partial charge on any atom is 0.223 e. The van der Waals surface area contributed by atoms with Gasteiger partial charge in [-0.2, -0.15) is 0 Å². The van der Waals surface area contributed by atoms with Crippen LogP contribution in [0.15, 0.2) is 18.2 Å². The molecule has 1 saturated carbocycles. The normalized spacial score (nSPS) is 21.0. The number of carbonyl (C=O) groups excluding carboxylic acids is 1. The summed E-state index contributed by atoms with van der Waals surface area (Å²) in [5.74, 6) is 1.42. The van der Waals surface area contributed by atoms with Crippen molar-refractivity contribution in [3.63, 3.8) is 0 Å². The van der Waals surface area contributed by atoms with Crippen molar-refractivity contribution in [1.82, 2.24) is 10.3 Å². The number of hydrogen-bond acceptors (Lipinski definition) is 5. The highest BCUT2D eigenvalue weighted by atomic mass is 32.1. The van der Waals surface area contributed by atoms with Crippen LogP contribution < -0.4 is 15.0 Å². The summed E-state index contributed by atoms with van der Waals surface area (Å²) in [5, 5.41) is 4.26. The third kappa shape index (κ3) is 3.34. The summed E-state index contributed by atoms with van der Waals surface area (Å²) in [5.41, 5.74) is 1.02. The molecule has 0 radical (unpaired) electrons. The number of benzene rings is 1. The number of fused-ring (bicyclic) bond motifs is 1. The van der Waals surface area contributed by atoms with Gasteiger partial charge >= 0.3 is 0 Å². The highest BCUT2D eigenvalue weighted by molar-refractivity contribution is 7.22. The van der Waals surface area contributed by atoms with Crippen LogP contribution >= 0.6 is 11.3 Å². The summed E-state index contributed by atoms with van der Waals surface area (Å²) >= 11 is 1.71. The van der Waals surface area contributed by atoms with E-state index in [1.165, 1.54) is 0 Å². The van der Waals surface area contributed by atoms with Crippen LogP contribution in [0.4, 0.5) is 5.13 Å². The monoisotopic (exact) mass is 345 g/mol. The second kappa shape index (κ2) is 6.59. The predicted molar refractivity (Wildman–Crippen MR) is 96.9 cm³/mol. The molecule has 1 aromatic carbocycles. The number of thiazole rings is 1. The number of nitrogens with one attached hydrogen (secondary N) is 1. The molecule has 1 unspecified atom stereocenters. The number of piperidine rings is 1. The maximum atomic E-state index is 12.0. The van der Waals surface area contributed by atoms with Crippen molar-refractivity contribution < 1.29 is 9.53 Å². The average Bonchev–Trinajstić information content (AvgIpc) is 3.35. The molecule has 1 N–H and O–H groups in total. The van der Waals surface area contributed by atoms with E-state index in [4.69, 9.17) is 9.72 Å². The van der Waals surface area contributed by atoms with Crippen LogP contribution in [-0.4, -0.2) is 36.6 Å². The standard InChI is InChI=1S/C18H23N3O2S/c1-2-23-14-7-8-15-16(10-14)24-18(20-15)21-9-3-4-13(11-21)19-17(22)12-5-6-12/h7-8,10,12-13H,2-6,9,11H2,1H3,(H,19,22). The fourth-order valence-electron chi connectivity index (χ4n) is 3.22. The zero-order chi connectivity index (χ0) is 16.5. The summed E-state index contributed by atoms with van der Waals surface area (Å²) < 4.78 is 6.73. The van der Waals surface area contributed by atoms with Crippen molar-refractivity contribution in [3.05, 3.63) is 18.2 Å². The molecule has 2 aliphatic rings. The zero-order valence-electron chi connectivity index (χ0n) is 14.0. The first-order valence-electron chi connectivity index (χ1n) is 8.81. The van der Waals surface area contributed by atoms with Crippen molar-refractivity contribution in [3.8, 4) is 5.75 Å². The first-order chi connectivity index (χ1) is 11.7. The van der Waals surface area contributed by atoms with E-state index in [-0.39, 0.29) is 17.9 Å². The molecule has 128 valence electrons. The minimum Gasteiger partial charge on any atom is -0.494 e. The predicted octanol–water partition coefficient (Wildman–Crippen LogP) is 3.19. The van der Waals surface area contributed by atoms with Gasteiger partial charge in [-0.3, -0.25) is 4.79 Å². The molecule has 1 aromatic heterocycles. The van der Waals surface area contributed by atoms with Gasteiger partial charge in [0.1, 0.15) is 5.75 Å². The molecule has 0 spiro atoms. The van der Waals surface area contributed by atoms with E-state index in [0.29, 0.717) is 6.61 Å². The molecule has 24 heavy (non-hydrogen) atoms. The topological polar surface area (TPSA) is 54.5 Å². The van der Waals surface area contributed by atoms with Gasteiger partial charge in [0.2, 0.25) is 5.91 Å². The molecule has 1 atom stereocenters. The van der Waals surface area contributed by atoms with Crippen LogP contribution in [0.5, 0.6) is 5.75 Å². The quantitative estimate of drug-likeness (QED) is 0.904. The number of aromatic nitrogens is 1. The van der Waals surface area contributed by atoms with Crippen LogP contribution in [0, 0.1) is 5.92 Å². The highest BCUT2D eigenvalue weighted by Crippen LogP contribution is 2.33. The van der Waals surface area contributed by atoms with Crippen LogP contribution in [0.3, 0.4) is 0 Å². The van der Waals surface area contributed by atoms with Gasteiger partial charge in [0.05, 0.1) is 16.8 Å². The Morgan fingerprint density at radius 2 is 2.29 bits per heavy atom. The minimum absolute atomic E-state index is 0.243. The summed E-state index contributed by atoms with van der Waals surface area (Å²) in [6.07, 6.45) is 4.27. The molecule has 1 saturated heterocycles. The number of anilines is 1. The van der Waals surface area contributed by atoms with Gasteiger partial charge in [-0.15, -0.1) is 0 Å². The number of amides is 1. The van der Waals surface area contributed by atoms with Gasteiger partial charge in [-0.1, -0.05) is 11.3 Å². The molecule has 2 aromatic rings. The average molecular weight is 345 g/mol. The lowest BCUT2D eigenvalue weighted by molar-refractivity contribution is -0.123. The van der Waals surface area contributed by atoms with Crippen LogP contribution in [0.2, 0.25) is 0 Å². The Morgan fingerprint density at radius 1 is 1.42 bits per heavy atom. The van der Waals surface area contributed by atoms with E-state index >= 15 is 0 Å². The second-order valence-corrected chi connectivity index (χ2v) is 7.64. The maximum absolute atomic E-state index is 12.0. The Hall–Kier alpha value is -1.82. The molecular formula is C18H23N3O2S. The van der Waals surface area contributed by atoms with Gasteiger partial charge in [0.25, 0.3) is 0 Å². The Labute approximate surface area is 146 Å². The summed E-state index contributed by atoms with van der Waals surface area (Å²) in [4.78, 5) is 19.1. The molecule has 2 heterocycles. The first kappa shape index (κ1) is 15.7. The SMILES string of the molecule is CCOc1ccc2nc(N3CCCC(NC(=O)C4CC4)C3)sc2c1. The van der Waals surface area contributed by atoms with Crippen molar-refractivity contribution in [2.45, 2.75) is 38.6 Å². The minimum atomic E-state index is 0.243. The fraction of sp³-hybridized carbons (Fsp3) is 0.556. The Bertz CT molecular complexity index is 741. The van der Waals surface area contributed by atoms with E-state index < -0.39 is 0 Å². The summed E-state index contributed by atoms with van der Waals surface area (Å²) in [7, 11) is 0. The van der Waals surface area contributed by atoms with E-state index in [1.807, 2.05) is 19.1 Å². The lowest BCUT2D eigenvalue weighted by Gasteiger charge is -2.33.